The van der Waals surface area contributed by atoms with Crippen molar-refractivity contribution < 1.29 is 14.0 Å². The first-order chi connectivity index (χ1) is 16.3. The summed E-state index contributed by atoms with van der Waals surface area (Å²) >= 11 is 0. The largest absolute Gasteiger partial charge is 0.447 e. The molecule has 0 radical (unpaired) electrons. The van der Waals surface area contributed by atoms with Crippen molar-refractivity contribution in [3.63, 3.8) is 0 Å². The van der Waals surface area contributed by atoms with E-state index in [0.717, 1.165) is 41.2 Å². The van der Waals surface area contributed by atoms with Crippen LogP contribution in [0, 0.1) is 5.41 Å². The topological polar surface area (TPSA) is 82.8 Å². The third-order valence-electron chi connectivity index (χ3n) is 6.34. The van der Waals surface area contributed by atoms with Gasteiger partial charge in [-0.3, -0.25) is 19.5 Å². The number of rotatable bonds is 8. The number of amides is 2. The van der Waals surface area contributed by atoms with Gasteiger partial charge in [0, 0.05) is 39.1 Å². The Kier molecular flexibility index (Phi) is 6.79. The third kappa shape index (κ3) is 4.72. The molecule has 0 spiro atoms. The van der Waals surface area contributed by atoms with Gasteiger partial charge in [0.2, 0.25) is 11.8 Å². The first-order valence-corrected chi connectivity index (χ1v) is 11.5. The Morgan fingerprint density at radius 2 is 1.82 bits per heavy atom. The number of carbonyl (C=O) groups excluding carboxylic acids is 2. The van der Waals surface area contributed by atoms with Crippen molar-refractivity contribution in [1.82, 2.24) is 14.9 Å². The Labute approximate surface area is 200 Å². The molecule has 0 unspecified atom stereocenters. The van der Waals surface area contributed by atoms with Crippen LogP contribution in [-0.2, 0) is 29.1 Å². The minimum atomic E-state index is -1.12. The van der Waals surface area contributed by atoms with Crippen LogP contribution in [0.25, 0.3) is 0 Å². The highest BCUT2D eigenvalue weighted by Gasteiger charge is 2.45. The highest BCUT2D eigenvalue weighted by atomic mass is 16.3. The van der Waals surface area contributed by atoms with E-state index in [2.05, 4.69) is 20.9 Å². The van der Waals surface area contributed by atoms with E-state index >= 15 is 0 Å². The maximum Gasteiger partial charge on any atom is 0.242 e. The summed E-state index contributed by atoms with van der Waals surface area (Å²) in [5.41, 5.74) is 2.60. The van der Waals surface area contributed by atoms with Gasteiger partial charge in [-0.2, -0.15) is 0 Å². The molecule has 1 aromatic carbocycles. The van der Waals surface area contributed by atoms with Crippen LogP contribution >= 0.6 is 0 Å². The van der Waals surface area contributed by atoms with Crippen LogP contribution in [0.5, 0.6) is 0 Å². The van der Waals surface area contributed by atoms with E-state index in [4.69, 9.17) is 4.42 Å². The zero-order chi connectivity index (χ0) is 24.3. The van der Waals surface area contributed by atoms with Crippen LogP contribution in [0.4, 0.5) is 11.4 Å². The zero-order valence-electron chi connectivity index (χ0n) is 20.2. The molecular weight excluding hydrogens is 430 g/mol. The molecule has 178 valence electrons. The summed E-state index contributed by atoms with van der Waals surface area (Å²) in [7, 11) is 1.74. The first-order valence-electron chi connectivity index (χ1n) is 11.5. The van der Waals surface area contributed by atoms with E-state index in [9.17, 15) is 9.59 Å². The molecule has 3 aromatic rings. The number of oxazole rings is 1. The minimum Gasteiger partial charge on any atom is -0.447 e. The summed E-state index contributed by atoms with van der Waals surface area (Å²) in [5.74, 6) is 0.404. The van der Waals surface area contributed by atoms with Crippen LogP contribution in [0.3, 0.4) is 0 Å². The number of hydrogen-bond donors (Lipinski definition) is 0. The minimum absolute atomic E-state index is 0.179. The number of pyridine rings is 1. The van der Waals surface area contributed by atoms with Gasteiger partial charge < -0.3 is 14.2 Å². The van der Waals surface area contributed by atoms with Gasteiger partial charge in [0.15, 0.2) is 6.39 Å². The van der Waals surface area contributed by atoms with Gasteiger partial charge in [-0.05, 0) is 56.5 Å². The molecule has 0 fully saturated rings. The summed E-state index contributed by atoms with van der Waals surface area (Å²) in [6.45, 7) is 7.88. The lowest BCUT2D eigenvalue weighted by molar-refractivity contribution is -0.137. The fraction of sp³-hybridized carbons (Fsp3) is 0.385. The van der Waals surface area contributed by atoms with Crippen molar-refractivity contribution in [2.24, 2.45) is 5.41 Å². The zero-order valence-corrected chi connectivity index (χ0v) is 20.2. The smallest absolute Gasteiger partial charge is 0.242 e. The van der Waals surface area contributed by atoms with Gasteiger partial charge in [-0.1, -0.05) is 12.1 Å². The van der Waals surface area contributed by atoms with Crippen molar-refractivity contribution in [2.45, 2.75) is 40.3 Å². The van der Waals surface area contributed by atoms with Gasteiger partial charge in [0.05, 0.1) is 24.1 Å². The Hall–Kier alpha value is -3.52. The van der Waals surface area contributed by atoms with E-state index in [1.54, 1.807) is 43.1 Å². The molecule has 1 aliphatic heterocycles. The van der Waals surface area contributed by atoms with Crippen molar-refractivity contribution in [3.8, 4) is 0 Å². The molecule has 0 N–H and O–H groups in total. The van der Waals surface area contributed by atoms with Gasteiger partial charge in [-0.15, -0.1) is 0 Å². The van der Waals surface area contributed by atoms with E-state index < -0.39 is 5.41 Å². The lowest BCUT2D eigenvalue weighted by Gasteiger charge is -2.27. The fourth-order valence-electron chi connectivity index (χ4n) is 4.39. The molecule has 8 heteroatoms. The lowest BCUT2D eigenvalue weighted by Crippen LogP contribution is -2.47. The standard InChI is InChI=1S/C26H31N5O3/c1-5-31-22-9-8-20(13-23(22)29(4)24(32)26(2,3)25(31)33)16-30(17-21-15-28-18-34-21)12-10-19-7-6-11-27-14-19/h6-9,11,13-15,18H,5,10,12,16-17H2,1-4H3. The number of hydrogen-bond acceptors (Lipinski definition) is 6. The molecule has 8 nitrogen and oxygen atoms in total. The van der Waals surface area contributed by atoms with Gasteiger partial charge in [0.1, 0.15) is 11.2 Å². The van der Waals surface area contributed by atoms with E-state index in [1.165, 1.54) is 6.39 Å². The van der Waals surface area contributed by atoms with Crippen molar-refractivity contribution in [1.29, 1.82) is 0 Å². The SMILES string of the molecule is CCN1C(=O)C(C)(C)C(=O)N(C)c2cc(CN(CCc3cccnc3)Cc3cnco3)ccc21. The quantitative estimate of drug-likeness (QED) is 0.476. The Balaban J connectivity index is 1.62. The number of aromatic nitrogens is 2. The second-order valence-electron chi connectivity index (χ2n) is 9.15. The molecule has 0 atom stereocenters. The molecule has 4 rings (SSSR count). The fourth-order valence-corrected chi connectivity index (χ4v) is 4.39. The predicted molar refractivity (Wildman–Crippen MR) is 130 cm³/mol. The molecule has 0 saturated carbocycles. The average molecular weight is 462 g/mol. The van der Waals surface area contributed by atoms with Crippen LogP contribution in [0.1, 0.15) is 37.7 Å². The summed E-state index contributed by atoms with van der Waals surface area (Å²) in [5, 5.41) is 0. The van der Waals surface area contributed by atoms with Gasteiger partial charge in [0.25, 0.3) is 0 Å². The Morgan fingerprint density at radius 3 is 2.50 bits per heavy atom. The summed E-state index contributed by atoms with van der Waals surface area (Å²) < 4.78 is 5.49. The molecule has 0 bridgehead atoms. The van der Waals surface area contributed by atoms with Crippen LogP contribution < -0.4 is 9.80 Å². The van der Waals surface area contributed by atoms with Crippen LogP contribution in [0.2, 0.25) is 0 Å². The lowest BCUT2D eigenvalue weighted by atomic mass is 9.90. The van der Waals surface area contributed by atoms with E-state index in [0.29, 0.717) is 19.6 Å². The molecule has 0 saturated heterocycles. The molecule has 0 aliphatic carbocycles. The first kappa shape index (κ1) is 23.6. The highest BCUT2D eigenvalue weighted by Crippen LogP contribution is 2.39. The number of fused-ring (bicyclic) bond motifs is 1. The van der Waals surface area contributed by atoms with Gasteiger partial charge >= 0.3 is 0 Å². The maximum absolute atomic E-state index is 13.1. The second kappa shape index (κ2) is 9.77. The number of nitrogens with zero attached hydrogens (tertiary/aromatic N) is 5. The van der Waals surface area contributed by atoms with Crippen molar-refractivity contribution in [2.75, 3.05) is 29.9 Å². The Morgan fingerprint density at radius 1 is 1.00 bits per heavy atom. The normalized spacial score (nSPS) is 15.6. The second-order valence-corrected chi connectivity index (χ2v) is 9.15. The average Bonchev–Trinajstić information content (AvgIpc) is 3.34. The third-order valence-corrected chi connectivity index (χ3v) is 6.34. The number of benzene rings is 1. The van der Waals surface area contributed by atoms with E-state index in [1.807, 2.05) is 37.4 Å². The van der Waals surface area contributed by atoms with Crippen LogP contribution in [-0.4, -0.2) is 46.8 Å². The highest BCUT2D eigenvalue weighted by molar-refractivity contribution is 6.19. The molecular formula is C26H31N5O3. The molecule has 2 amide bonds. The van der Waals surface area contributed by atoms with Crippen molar-refractivity contribution in [3.05, 3.63) is 72.2 Å². The number of anilines is 2. The molecule has 3 heterocycles. The summed E-state index contributed by atoms with van der Waals surface area (Å²) in [6.07, 6.45) is 7.67. The monoisotopic (exact) mass is 461 g/mol. The molecule has 34 heavy (non-hydrogen) atoms. The van der Waals surface area contributed by atoms with Gasteiger partial charge in [-0.25, -0.2) is 4.98 Å². The summed E-state index contributed by atoms with van der Waals surface area (Å²) in [4.78, 5) is 40.1. The molecule has 2 aromatic heterocycles. The molecule has 1 aliphatic rings. The maximum atomic E-state index is 13.1. The predicted octanol–water partition coefficient (Wildman–Crippen LogP) is 3.67. The summed E-state index contributed by atoms with van der Waals surface area (Å²) in [6, 6.07) is 10.0. The number of carbonyl (C=O) groups is 2. The van der Waals surface area contributed by atoms with E-state index in [-0.39, 0.29) is 11.8 Å². The van der Waals surface area contributed by atoms with Crippen LogP contribution in [0.15, 0.2) is 59.7 Å². The Bertz CT molecular complexity index is 1140. The van der Waals surface area contributed by atoms with Crippen molar-refractivity contribution >= 4 is 23.2 Å².